The lowest BCUT2D eigenvalue weighted by Crippen LogP contribution is -2.13. The smallest absolute Gasteiger partial charge is 0.317 e. The van der Waals surface area contributed by atoms with Gasteiger partial charge in [-0.2, -0.15) is 0 Å². The molecule has 56 valence electrons. The first kappa shape index (κ1) is 7.60. The van der Waals surface area contributed by atoms with Crippen LogP contribution < -0.4 is 0 Å². The van der Waals surface area contributed by atoms with Crippen molar-refractivity contribution in [3.05, 3.63) is 0 Å². The summed E-state index contributed by atoms with van der Waals surface area (Å²) in [6.07, 6.45) is 0.196. The summed E-state index contributed by atoms with van der Waals surface area (Å²) in [7, 11) is 0. The van der Waals surface area contributed by atoms with Crippen LogP contribution in [0.2, 0.25) is 0 Å². The molecule has 0 saturated carbocycles. The van der Waals surface area contributed by atoms with Crippen molar-refractivity contribution in [3.63, 3.8) is 0 Å². The third kappa shape index (κ3) is 1.31. The molecule has 0 aliphatic carbocycles. The highest BCUT2D eigenvalue weighted by atomic mass is 32.2. The number of carbonyl (C=O) groups is 2. The van der Waals surface area contributed by atoms with Gasteiger partial charge in [-0.05, 0) is 6.92 Å². The molecule has 0 radical (unpaired) electrons. The minimum atomic E-state index is -0.872. The second kappa shape index (κ2) is 2.62. The predicted octanol–water partition coefficient (Wildman–Crippen LogP) is 0.534. The van der Waals surface area contributed by atoms with Gasteiger partial charge in [-0.25, -0.2) is 0 Å². The van der Waals surface area contributed by atoms with E-state index in [1.807, 2.05) is 0 Å². The zero-order valence-electron chi connectivity index (χ0n) is 5.53. The number of hydrogen-bond acceptors (Lipinski definition) is 3. The van der Waals surface area contributed by atoms with Gasteiger partial charge in [-0.15, -0.1) is 11.8 Å². The summed E-state index contributed by atoms with van der Waals surface area (Å²) in [6.45, 7) is 1.75. The van der Waals surface area contributed by atoms with E-state index in [-0.39, 0.29) is 17.5 Å². The summed E-state index contributed by atoms with van der Waals surface area (Å²) >= 11 is 1.23. The van der Waals surface area contributed by atoms with Crippen molar-refractivity contribution in [3.8, 4) is 0 Å². The van der Waals surface area contributed by atoms with Gasteiger partial charge in [0.15, 0.2) is 0 Å². The van der Waals surface area contributed by atoms with Crippen LogP contribution >= 0.6 is 11.8 Å². The van der Waals surface area contributed by atoms with Gasteiger partial charge >= 0.3 is 5.97 Å². The van der Waals surface area contributed by atoms with E-state index in [9.17, 15) is 9.59 Å². The number of carboxylic acid groups (broad SMARTS) is 1. The predicted molar refractivity (Wildman–Crippen MR) is 38.1 cm³/mol. The summed E-state index contributed by atoms with van der Waals surface area (Å²) in [6, 6.07) is 0. The second-order valence-electron chi connectivity index (χ2n) is 2.28. The number of carbonyl (C=O) groups excluding carboxylic acids is 1. The SMILES string of the molecule is C[C@H]1S[C@H](C(=O)O)CC1=O. The van der Waals surface area contributed by atoms with Gasteiger partial charge in [0.25, 0.3) is 0 Å². The van der Waals surface area contributed by atoms with Crippen molar-refractivity contribution in [2.45, 2.75) is 23.8 Å². The van der Waals surface area contributed by atoms with Crippen LogP contribution in [-0.2, 0) is 9.59 Å². The molecule has 3 nitrogen and oxygen atoms in total. The summed E-state index contributed by atoms with van der Waals surface area (Å²) in [5.74, 6) is -0.819. The second-order valence-corrected chi connectivity index (χ2v) is 3.82. The monoisotopic (exact) mass is 160 g/mol. The third-order valence-electron chi connectivity index (χ3n) is 1.48. The van der Waals surface area contributed by atoms with E-state index in [2.05, 4.69) is 0 Å². The average molecular weight is 160 g/mol. The molecule has 1 aliphatic heterocycles. The van der Waals surface area contributed by atoms with E-state index in [0.29, 0.717) is 0 Å². The molecule has 0 aromatic heterocycles. The van der Waals surface area contributed by atoms with Crippen LogP contribution in [0.15, 0.2) is 0 Å². The van der Waals surface area contributed by atoms with Gasteiger partial charge in [-0.3, -0.25) is 9.59 Å². The molecule has 1 saturated heterocycles. The van der Waals surface area contributed by atoms with Crippen LogP contribution in [0.25, 0.3) is 0 Å². The number of ketones is 1. The Bertz CT molecular complexity index is 178. The van der Waals surface area contributed by atoms with Crippen LogP contribution in [-0.4, -0.2) is 27.4 Å². The van der Waals surface area contributed by atoms with E-state index >= 15 is 0 Å². The number of rotatable bonds is 1. The topological polar surface area (TPSA) is 54.4 Å². The Balaban J connectivity index is 2.57. The molecule has 1 fully saturated rings. The first-order valence-corrected chi connectivity index (χ1v) is 3.96. The maximum Gasteiger partial charge on any atom is 0.317 e. The Morgan fingerprint density at radius 1 is 1.80 bits per heavy atom. The molecule has 0 aromatic rings. The standard InChI is InChI=1S/C6H8O3S/c1-3-4(7)2-5(10-3)6(8)9/h3,5H,2H2,1H3,(H,8,9)/t3-,5+/m1/s1. The first-order chi connectivity index (χ1) is 4.61. The molecule has 0 amide bonds. The fraction of sp³-hybridized carbons (Fsp3) is 0.667. The van der Waals surface area contributed by atoms with Crippen molar-refractivity contribution < 1.29 is 14.7 Å². The van der Waals surface area contributed by atoms with E-state index in [0.717, 1.165) is 0 Å². The maximum atomic E-state index is 10.8. The number of hydrogen-bond donors (Lipinski definition) is 1. The molecular weight excluding hydrogens is 152 g/mol. The highest BCUT2D eigenvalue weighted by molar-refractivity contribution is 8.02. The van der Waals surface area contributed by atoms with Crippen molar-refractivity contribution in [2.75, 3.05) is 0 Å². The summed E-state index contributed by atoms with van der Waals surface area (Å²) < 4.78 is 0. The van der Waals surface area contributed by atoms with Crippen molar-refractivity contribution in [1.29, 1.82) is 0 Å². The molecule has 1 N–H and O–H groups in total. The largest absolute Gasteiger partial charge is 0.480 e. The molecule has 1 heterocycles. The molecule has 0 unspecified atom stereocenters. The fourth-order valence-electron chi connectivity index (χ4n) is 0.865. The molecular formula is C6H8O3S. The van der Waals surface area contributed by atoms with Gasteiger partial charge < -0.3 is 5.11 Å². The third-order valence-corrected chi connectivity index (χ3v) is 2.85. The van der Waals surface area contributed by atoms with Crippen molar-refractivity contribution in [1.82, 2.24) is 0 Å². The number of Topliss-reactive ketones (excluding diaryl/α,β-unsaturated/α-hetero) is 1. The zero-order valence-corrected chi connectivity index (χ0v) is 6.35. The van der Waals surface area contributed by atoms with Crippen LogP contribution in [0.1, 0.15) is 13.3 Å². The highest BCUT2D eigenvalue weighted by Gasteiger charge is 2.34. The lowest BCUT2D eigenvalue weighted by atomic mass is 10.2. The summed E-state index contributed by atoms with van der Waals surface area (Å²) in [5, 5.41) is 7.85. The van der Waals surface area contributed by atoms with Crippen LogP contribution in [0, 0.1) is 0 Å². The van der Waals surface area contributed by atoms with Gasteiger partial charge in [0, 0.05) is 6.42 Å². The van der Waals surface area contributed by atoms with Gasteiger partial charge in [0.2, 0.25) is 0 Å². The normalized spacial score (nSPS) is 32.7. The Kier molecular flexibility index (Phi) is 1.99. The minimum Gasteiger partial charge on any atom is -0.480 e. The molecule has 1 rings (SSSR count). The Labute approximate surface area is 62.8 Å². The van der Waals surface area contributed by atoms with Crippen molar-refractivity contribution in [2.24, 2.45) is 0 Å². The fourth-order valence-corrected chi connectivity index (χ4v) is 1.98. The molecule has 0 spiro atoms. The number of aliphatic carboxylic acids is 1. The van der Waals surface area contributed by atoms with Gasteiger partial charge in [-0.1, -0.05) is 0 Å². The molecule has 10 heavy (non-hydrogen) atoms. The summed E-state index contributed by atoms with van der Waals surface area (Å²) in [5.41, 5.74) is 0. The van der Waals surface area contributed by atoms with E-state index in [1.165, 1.54) is 11.8 Å². The van der Waals surface area contributed by atoms with E-state index in [4.69, 9.17) is 5.11 Å². The van der Waals surface area contributed by atoms with E-state index in [1.54, 1.807) is 6.92 Å². The van der Waals surface area contributed by atoms with Gasteiger partial charge in [0.05, 0.1) is 5.25 Å². The Morgan fingerprint density at radius 2 is 2.40 bits per heavy atom. The molecule has 4 heteroatoms. The Morgan fingerprint density at radius 3 is 2.60 bits per heavy atom. The maximum absolute atomic E-state index is 10.8. The Hall–Kier alpha value is -0.510. The lowest BCUT2D eigenvalue weighted by Gasteiger charge is -1.98. The summed E-state index contributed by atoms with van der Waals surface area (Å²) in [4.78, 5) is 21.1. The highest BCUT2D eigenvalue weighted by Crippen LogP contribution is 2.30. The first-order valence-electron chi connectivity index (χ1n) is 3.02. The van der Waals surface area contributed by atoms with Crippen LogP contribution in [0.3, 0.4) is 0 Å². The number of thioether (sulfide) groups is 1. The zero-order chi connectivity index (χ0) is 7.72. The molecule has 0 aromatic carbocycles. The minimum absolute atomic E-state index is 0.0531. The molecule has 0 bridgehead atoms. The average Bonchev–Trinajstić information content (AvgIpc) is 2.13. The lowest BCUT2D eigenvalue weighted by molar-refractivity contribution is -0.137. The van der Waals surface area contributed by atoms with Crippen LogP contribution in [0.4, 0.5) is 0 Å². The van der Waals surface area contributed by atoms with Crippen molar-refractivity contribution >= 4 is 23.5 Å². The molecule has 2 atom stereocenters. The van der Waals surface area contributed by atoms with Gasteiger partial charge in [0.1, 0.15) is 11.0 Å². The molecule has 1 aliphatic rings. The number of carboxylic acids is 1. The van der Waals surface area contributed by atoms with E-state index < -0.39 is 11.2 Å². The quantitative estimate of drug-likeness (QED) is 0.608. The van der Waals surface area contributed by atoms with Crippen LogP contribution in [0.5, 0.6) is 0 Å².